The van der Waals surface area contributed by atoms with Crippen LogP contribution in [0.4, 0.5) is 0 Å². The zero-order chi connectivity index (χ0) is 19.6. The number of nitrogens with zero attached hydrogens (tertiary/aromatic N) is 8. The van der Waals surface area contributed by atoms with Gasteiger partial charge in [-0.2, -0.15) is 9.97 Å². The Morgan fingerprint density at radius 1 is 0.893 bits per heavy atom. The smallest absolute Gasteiger partial charge is 0.225 e. The number of hydrogen-bond acceptors (Lipinski definition) is 7. The minimum Gasteiger partial charge on any atom is -0.367 e. The van der Waals surface area contributed by atoms with E-state index in [1.165, 1.54) is 10.9 Å². The Morgan fingerprint density at radius 2 is 1.50 bits per heavy atom. The van der Waals surface area contributed by atoms with Crippen LogP contribution < -0.4 is 0 Å². The minimum atomic E-state index is -1.42. The normalized spacial score (nSPS) is 22.0. The summed E-state index contributed by atoms with van der Waals surface area (Å²) in [6.07, 6.45) is 6.73. The molecule has 1 aliphatic carbocycles. The molecule has 0 radical (unpaired) electrons. The molecule has 0 fully saturated rings. The highest BCUT2D eigenvalue weighted by molar-refractivity contribution is 6.35. The van der Waals surface area contributed by atoms with E-state index in [4.69, 9.17) is 46.4 Å². The van der Waals surface area contributed by atoms with Crippen molar-refractivity contribution in [1.29, 1.82) is 0 Å². The van der Waals surface area contributed by atoms with E-state index in [0.717, 1.165) is 0 Å². The highest BCUT2D eigenvalue weighted by Crippen LogP contribution is 2.38. The molecule has 1 aliphatic rings. The van der Waals surface area contributed by atoms with Crippen LogP contribution in [0.5, 0.6) is 0 Å². The number of allylic oxidation sites excluding steroid dienone is 1. The van der Waals surface area contributed by atoms with Crippen molar-refractivity contribution in [1.82, 2.24) is 39.0 Å². The molecule has 9 nitrogen and oxygen atoms in total. The average molecular weight is 458 g/mol. The van der Waals surface area contributed by atoms with Gasteiger partial charge in [0.25, 0.3) is 0 Å². The van der Waals surface area contributed by atoms with Gasteiger partial charge in [0.05, 0.1) is 18.7 Å². The number of rotatable bonds is 2. The first-order valence-electron chi connectivity index (χ1n) is 7.89. The van der Waals surface area contributed by atoms with Gasteiger partial charge in [0.1, 0.15) is 11.0 Å². The van der Waals surface area contributed by atoms with E-state index in [1.54, 1.807) is 17.0 Å². The van der Waals surface area contributed by atoms with Crippen LogP contribution in [0.1, 0.15) is 12.5 Å². The van der Waals surface area contributed by atoms with Crippen LogP contribution >= 0.6 is 46.4 Å². The highest BCUT2D eigenvalue weighted by atomic mass is 35.5. The lowest BCUT2D eigenvalue weighted by Crippen LogP contribution is -2.30. The van der Waals surface area contributed by atoms with Crippen molar-refractivity contribution in [2.24, 2.45) is 0 Å². The molecule has 2 atom stereocenters. The molecular weight excluding hydrogens is 450 g/mol. The molecule has 1 N–H and O–H groups in total. The summed E-state index contributed by atoms with van der Waals surface area (Å²) in [5.41, 5.74) is 0.136. The van der Waals surface area contributed by atoms with Gasteiger partial charge in [-0.1, -0.05) is 29.3 Å². The highest BCUT2D eigenvalue weighted by Gasteiger charge is 2.37. The fraction of sp³-hybridized carbons (Fsp3) is 0.200. The average Bonchev–Trinajstić information content (AvgIpc) is 3.31. The fourth-order valence-corrected chi connectivity index (χ4v) is 4.15. The summed E-state index contributed by atoms with van der Waals surface area (Å²) in [6, 6.07) is -0.276. The van der Waals surface area contributed by atoms with Crippen molar-refractivity contribution in [3.8, 4) is 0 Å². The van der Waals surface area contributed by atoms with Gasteiger partial charge < -0.3 is 9.67 Å². The molecule has 0 saturated carbocycles. The maximum atomic E-state index is 11.3. The van der Waals surface area contributed by atoms with Gasteiger partial charge in [-0.3, -0.25) is 4.57 Å². The number of fused-ring (bicyclic) bond motifs is 2. The molecule has 4 aromatic heterocycles. The summed E-state index contributed by atoms with van der Waals surface area (Å²) in [4.78, 5) is 24.5. The predicted molar refractivity (Wildman–Crippen MR) is 104 cm³/mol. The Hall–Kier alpha value is -2.04. The standard InChI is InChI=1S/C15H8Cl4N8O/c16-9-7-11(24-13(18)22-9)26(4-20-7)6-1-2-15(28,3-6)27-5-21-8-10(17)23-14(19)25-12(8)27/h1-2,4-6,28H,3H2/t6-,15-/m0/s1. The maximum absolute atomic E-state index is 11.3. The van der Waals surface area contributed by atoms with E-state index in [0.29, 0.717) is 22.3 Å². The van der Waals surface area contributed by atoms with Crippen LogP contribution in [0.25, 0.3) is 22.3 Å². The quantitative estimate of drug-likeness (QED) is 0.279. The third kappa shape index (κ3) is 2.66. The Morgan fingerprint density at radius 3 is 2.21 bits per heavy atom. The van der Waals surface area contributed by atoms with Crippen LogP contribution in [0.2, 0.25) is 20.9 Å². The van der Waals surface area contributed by atoms with Crippen molar-refractivity contribution in [2.45, 2.75) is 18.2 Å². The molecule has 4 heterocycles. The van der Waals surface area contributed by atoms with E-state index < -0.39 is 5.72 Å². The molecule has 4 aromatic rings. The van der Waals surface area contributed by atoms with Gasteiger partial charge in [-0.25, -0.2) is 19.9 Å². The van der Waals surface area contributed by atoms with Crippen LogP contribution in [0.3, 0.4) is 0 Å². The van der Waals surface area contributed by atoms with Crippen molar-refractivity contribution in [3.63, 3.8) is 0 Å². The van der Waals surface area contributed by atoms with Gasteiger partial charge in [0.2, 0.25) is 10.6 Å². The van der Waals surface area contributed by atoms with Gasteiger partial charge in [0.15, 0.2) is 27.3 Å². The van der Waals surface area contributed by atoms with Crippen molar-refractivity contribution >= 4 is 68.7 Å². The van der Waals surface area contributed by atoms with Crippen molar-refractivity contribution in [2.75, 3.05) is 0 Å². The lowest BCUT2D eigenvalue weighted by Gasteiger charge is -2.24. The zero-order valence-electron chi connectivity index (χ0n) is 13.6. The molecule has 0 aliphatic heterocycles. The first kappa shape index (κ1) is 18.0. The SMILES string of the molecule is O[C@@]1(n2cnc3c(Cl)nc(Cl)nc32)C=C[C@H](n2cnc3c(Cl)nc(Cl)nc32)C1. The lowest BCUT2D eigenvalue weighted by molar-refractivity contribution is 0.00999. The molecule has 28 heavy (non-hydrogen) atoms. The van der Waals surface area contributed by atoms with Gasteiger partial charge >= 0.3 is 0 Å². The molecule has 142 valence electrons. The third-order valence-electron chi connectivity index (χ3n) is 4.55. The largest absolute Gasteiger partial charge is 0.367 e. The lowest BCUT2D eigenvalue weighted by atomic mass is 10.1. The van der Waals surface area contributed by atoms with E-state index >= 15 is 0 Å². The van der Waals surface area contributed by atoms with Gasteiger partial charge in [-0.05, 0) is 29.3 Å². The molecule has 0 bridgehead atoms. The number of aliphatic hydroxyl groups is 1. The van der Waals surface area contributed by atoms with E-state index in [-0.39, 0.29) is 33.3 Å². The van der Waals surface area contributed by atoms with Crippen LogP contribution in [0, 0.1) is 0 Å². The first-order valence-corrected chi connectivity index (χ1v) is 9.41. The number of halogens is 4. The summed E-state index contributed by atoms with van der Waals surface area (Å²) in [5.74, 6) is 0. The Labute approximate surface area is 176 Å². The fourth-order valence-electron chi connectivity index (χ4n) is 3.30. The number of hydrogen-bond donors (Lipinski definition) is 1. The summed E-state index contributed by atoms with van der Waals surface area (Å²) < 4.78 is 3.25. The molecule has 5 rings (SSSR count). The van der Waals surface area contributed by atoms with E-state index in [9.17, 15) is 5.11 Å². The summed E-state index contributed by atoms with van der Waals surface area (Å²) >= 11 is 24.0. The third-order valence-corrected chi connectivity index (χ3v) is 5.41. The summed E-state index contributed by atoms with van der Waals surface area (Å²) in [5, 5.41) is 11.5. The van der Waals surface area contributed by atoms with Crippen molar-refractivity contribution < 1.29 is 5.11 Å². The molecule has 0 aromatic carbocycles. The van der Waals surface area contributed by atoms with Crippen LogP contribution in [0.15, 0.2) is 24.8 Å². The monoisotopic (exact) mass is 456 g/mol. The number of aromatic nitrogens is 8. The first-order chi connectivity index (χ1) is 13.4. The maximum Gasteiger partial charge on any atom is 0.225 e. The topological polar surface area (TPSA) is 107 Å². The van der Waals surface area contributed by atoms with E-state index in [1.807, 2.05) is 6.08 Å². The second kappa shape index (κ2) is 6.23. The van der Waals surface area contributed by atoms with Gasteiger partial charge in [0, 0.05) is 6.42 Å². The summed E-state index contributed by atoms with van der Waals surface area (Å²) in [6.45, 7) is 0. The number of imidazole rings is 2. The molecule has 13 heteroatoms. The second-order valence-corrected chi connectivity index (χ2v) is 7.58. The van der Waals surface area contributed by atoms with Crippen molar-refractivity contribution in [3.05, 3.63) is 45.7 Å². The molecule has 0 spiro atoms. The molecule has 0 unspecified atom stereocenters. The van der Waals surface area contributed by atoms with E-state index in [2.05, 4.69) is 29.9 Å². The molecular formula is C15H8Cl4N8O. The van der Waals surface area contributed by atoms with Crippen LogP contribution in [-0.2, 0) is 5.72 Å². The van der Waals surface area contributed by atoms with Gasteiger partial charge in [-0.15, -0.1) is 0 Å². The zero-order valence-corrected chi connectivity index (χ0v) is 16.7. The predicted octanol–water partition coefficient (Wildman–Crippen LogP) is 3.43. The minimum absolute atomic E-state index is 0.0121. The Balaban J connectivity index is 1.57. The Bertz CT molecular complexity index is 1280. The van der Waals surface area contributed by atoms with Crippen LogP contribution in [-0.4, -0.2) is 44.1 Å². The molecule has 0 amide bonds. The summed E-state index contributed by atoms with van der Waals surface area (Å²) in [7, 11) is 0. The molecule has 0 saturated heterocycles. The Kier molecular flexibility index (Phi) is 4.01. The second-order valence-electron chi connectivity index (χ2n) is 6.19.